The lowest BCUT2D eigenvalue weighted by molar-refractivity contribution is 0.468. The van der Waals surface area contributed by atoms with E-state index in [4.69, 9.17) is 16.2 Å². The van der Waals surface area contributed by atoms with Crippen molar-refractivity contribution in [3.8, 4) is 0 Å². The second-order valence-electron chi connectivity index (χ2n) is 2.50. The Kier molecular flexibility index (Phi) is 2.22. The summed E-state index contributed by atoms with van der Waals surface area (Å²) in [4.78, 5) is 0. The van der Waals surface area contributed by atoms with E-state index >= 15 is 0 Å². The van der Waals surface area contributed by atoms with Crippen LogP contribution in [-0.4, -0.2) is 23.6 Å². The molecule has 1 saturated carbocycles. The molecule has 0 bridgehead atoms. The zero-order chi connectivity index (χ0) is 7.78. The Balaban J connectivity index is 2.74. The monoisotopic (exact) mass is 184 g/mol. The summed E-state index contributed by atoms with van der Waals surface area (Å²) in [5.41, 5.74) is 0. The maximum Gasteiger partial charge on any atom is 0.269 e. The summed E-state index contributed by atoms with van der Waals surface area (Å²) in [6.45, 7) is 0. The van der Waals surface area contributed by atoms with Gasteiger partial charge in [-0.15, -0.1) is 11.6 Å². The first-order valence-corrected chi connectivity index (χ1v) is 5.06. The van der Waals surface area contributed by atoms with E-state index in [1.165, 1.54) is 0 Å². The van der Waals surface area contributed by atoms with Gasteiger partial charge in [0.1, 0.15) is 5.25 Å². The van der Waals surface area contributed by atoms with Gasteiger partial charge in [0, 0.05) is 0 Å². The minimum atomic E-state index is -3.88. The molecule has 1 aliphatic rings. The van der Waals surface area contributed by atoms with Crippen LogP contribution in [0, 0.1) is 0 Å². The maximum atomic E-state index is 10.5. The predicted molar refractivity (Wildman–Crippen MR) is 38.8 cm³/mol. The van der Waals surface area contributed by atoms with Gasteiger partial charge in [0.15, 0.2) is 0 Å². The quantitative estimate of drug-likeness (QED) is 0.489. The molecule has 0 unspecified atom stereocenters. The third kappa shape index (κ3) is 1.62. The van der Waals surface area contributed by atoms with E-state index in [1.807, 2.05) is 0 Å². The third-order valence-corrected chi connectivity index (χ3v) is 3.76. The molecule has 0 amide bonds. The standard InChI is InChI=1S/C5H9ClO3S/c6-4-2-1-3-5(4)10(7,8)9/h4-5H,1-3H2,(H,7,8,9)/t4-,5-/m0/s1. The summed E-state index contributed by atoms with van der Waals surface area (Å²) in [5.74, 6) is 0. The van der Waals surface area contributed by atoms with E-state index in [2.05, 4.69) is 0 Å². The summed E-state index contributed by atoms with van der Waals surface area (Å²) >= 11 is 5.62. The molecule has 60 valence electrons. The summed E-state index contributed by atoms with van der Waals surface area (Å²) in [7, 11) is -3.88. The van der Waals surface area contributed by atoms with Crippen LogP contribution in [0.2, 0.25) is 0 Å². The molecule has 10 heavy (non-hydrogen) atoms. The van der Waals surface area contributed by atoms with Crippen LogP contribution in [0.3, 0.4) is 0 Å². The highest BCUT2D eigenvalue weighted by Crippen LogP contribution is 2.28. The van der Waals surface area contributed by atoms with Gasteiger partial charge in [-0.05, 0) is 12.8 Å². The highest BCUT2D eigenvalue weighted by molar-refractivity contribution is 7.86. The number of hydrogen-bond acceptors (Lipinski definition) is 2. The molecule has 3 nitrogen and oxygen atoms in total. The lowest BCUT2D eigenvalue weighted by Crippen LogP contribution is -2.24. The van der Waals surface area contributed by atoms with Crippen molar-refractivity contribution in [2.45, 2.75) is 29.9 Å². The minimum absolute atomic E-state index is 0.394. The molecular weight excluding hydrogens is 176 g/mol. The van der Waals surface area contributed by atoms with Gasteiger partial charge < -0.3 is 0 Å². The third-order valence-electron chi connectivity index (χ3n) is 1.75. The molecule has 1 fully saturated rings. The Labute approximate surface area is 65.1 Å². The normalized spacial score (nSPS) is 34.6. The number of rotatable bonds is 1. The molecule has 0 heterocycles. The fourth-order valence-electron chi connectivity index (χ4n) is 1.22. The molecule has 0 aromatic heterocycles. The highest BCUT2D eigenvalue weighted by atomic mass is 35.5. The molecule has 1 aliphatic carbocycles. The fraction of sp³-hybridized carbons (Fsp3) is 1.00. The Bertz CT molecular complexity index is 211. The van der Waals surface area contributed by atoms with Crippen LogP contribution < -0.4 is 0 Å². The van der Waals surface area contributed by atoms with Crippen LogP contribution in [-0.2, 0) is 10.1 Å². The van der Waals surface area contributed by atoms with Crippen LogP contribution in [0.25, 0.3) is 0 Å². The molecule has 2 atom stereocenters. The van der Waals surface area contributed by atoms with Crippen LogP contribution >= 0.6 is 11.6 Å². The molecule has 5 heteroatoms. The number of hydrogen-bond donors (Lipinski definition) is 1. The Morgan fingerprint density at radius 1 is 1.40 bits per heavy atom. The van der Waals surface area contributed by atoms with Crippen molar-refractivity contribution < 1.29 is 13.0 Å². The first-order chi connectivity index (χ1) is 4.52. The van der Waals surface area contributed by atoms with Gasteiger partial charge in [-0.2, -0.15) is 8.42 Å². The highest BCUT2D eigenvalue weighted by Gasteiger charge is 2.34. The molecule has 0 aromatic rings. The summed E-state index contributed by atoms with van der Waals surface area (Å²) < 4.78 is 29.6. The summed E-state index contributed by atoms with van der Waals surface area (Å²) in [6, 6.07) is 0. The van der Waals surface area contributed by atoms with E-state index in [9.17, 15) is 8.42 Å². The fourth-order valence-corrected chi connectivity index (χ4v) is 2.86. The molecule has 0 aromatic carbocycles. The lowest BCUT2D eigenvalue weighted by atomic mass is 10.4. The first-order valence-electron chi connectivity index (χ1n) is 3.12. The van der Waals surface area contributed by atoms with Crippen LogP contribution in [0.5, 0.6) is 0 Å². The van der Waals surface area contributed by atoms with Gasteiger partial charge in [-0.1, -0.05) is 6.42 Å². The molecule has 0 aliphatic heterocycles. The minimum Gasteiger partial charge on any atom is -0.285 e. The van der Waals surface area contributed by atoms with Crippen molar-refractivity contribution in [2.75, 3.05) is 0 Å². The first kappa shape index (κ1) is 8.30. The van der Waals surface area contributed by atoms with Crippen molar-refractivity contribution >= 4 is 21.7 Å². The van der Waals surface area contributed by atoms with Gasteiger partial charge in [0.2, 0.25) is 0 Å². The topological polar surface area (TPSA) is 54.4 Å². The smallest absolute Gasteiger partial charge is 0.269 e. The molecule has 0 spiro atoms. The van der Waals surface area contributed by atoms with E-state index < -0.39 is 20.7 Å². The van der Waals surface area contributed by atoms with Gasteiger partial charge in [-0.3, -0.25) is 4.55 Å². The van der Waals surface area contributed by atoms with Crippen molar-refractivity contribution in [1.82, 2.24) is 0 Å². The van der Waals surface area contributed by atoms with E-state index in [0.717, 1.165) is 6.42 Å². The Hall–Kier alpha value is 0.200. The zero-order valence-electron chi connectivity index (χ0n) is 5.33. The summed E-state index contributed by atoms with van der Waals surface area (Å²) in [5, 5.41) is -1.12. The number of alkyl halides is 1. The molecular formula is C5H9ClO3S. The summed E-state index contributed by atoms with van der Waals surface area (Å²) in [6.07, 6.45) is 1.97. The van der Waals surface area contributed by atoms with Crippen molar-refractivity contribution in [2.24, 2.45) is 0 Å². The van der Waals surface area contributed by atoms with Crippen LogP contribution in [0.15, 0.2) is 0 Å². The molecule has 1 N–H and O–H groups in total. The number of halogens is 1. The Morgan fingerprint density at radius 2 is 2.00 bits per heavy atom. The lowest BCUT2D eigenvalue weighted by Gasteiger charge is -2.07. The second kappa shape index (κ2) is 2.68. The van der Waals surface area contributed by atoms with Crippen LogP contribution in [0.4, 0.5) is 0 Å². The molecule has 0 saturated heterocycles. The predicted octanol–water partition coefficient (Wildman–Crippen LogP) is 1.03. The van der Waals surface area contributed by atoms with Crippen LogP contribution in [0.1, 0.15) is 19.3 Å². The molecule has 1 rings (SSSR count). The molecule has 0 radical (unpaired) electrons. The second-order valence-corrected chi connectivity index (χ2v) is 4.70. The van der Waals surface area contributed by atoms with Gasteiger partial charge >= 0.3 is 0 Å². The van der Waals surface area contributed by atoms with E-state index in [-0.39, 0.29) is 0 Å². The van der Waals surface area contributed by atoms with Crippen molar-refractivity contribution in [1.29, 1.82) is 0 Å². The maximum absolute atomic E-state index is 10.5. The van der Waals surface area contributed by atoms with Gasteiger partial charge in [0.05, 0.1) is 5.38 Å². The SMILES string of the molecule is O=S(=O)(O)[C@H]1CCC[C@@H]1Cl. The average molecular weight is 185 g/mol. The van der Waals surface area contributed by atoms with E-state index in [0.29, 0.717) is 12.8 Å². The van der Waals surface area contributed by atoms with Crippen molar-refractivity contribution in [3.63, 3.8) is 0 Å². The van der Waals surface area contributed by atoms with Crippen molar-refractivity contribution in [3.05, 3.63) is 0 Å². The van der Waals surface area contributed by atoms with E-state index in [1.54, 1.807) is 0 Å². The van der Waals surface area contributed by atoms with Gasteiger partial charge in [-0.25, -0.2) is 0 Å². The zero-order valence-corrected chi connectivity index (χ0v) is 6.90. The van der Waals surface area contributed by atoms with Gasteiger partial charge in [0.25, 0.3) is 10.1 Å². The average Bonchev–Trinajstić information content (AvgIpc) is 2.11. The Morgan fingerprint density at radius 3 is 2.20 bits per heavy atom. The largest absolute Gasteiger partial charge is 0.285 e.